The van der Waals surface area contributed by atoms with Crippen molar-refractivity contribution in [2.24, 2.45) is 0 Å². The maximum absolute atomic E-state index is 13.5. The van der Waals surface area contributed by atoms with Gasteiger partial charge in [-0.25, -0.2) is 9.07 Å². The van der Waals surface area contributed by atoms with E-state index in [0.717, 1.165) is 11.1 Å². The zero-order valence-electron chi connectivity index (χ0n) is 9.37. The number of hydrogen-bond acceptors (Lipinski definition) is 2. The van der Waals surface area contributed by atoms with Crippen molar-refractivity contribution in [3.05, 3.63) is 46.9 Å². The molecule has 2 aromatic rings. The van der Waals surface area contributed by atoms with E-state index in [1.165, 1.54) is 6.07 Å². The topological polar surface area (TPSA) is 43.8 Å². The van der Waals surface area contributed by atoms with Crippen LogP contribution in [0.5, 0.6) is 0 Å². The molecule has 0 spiro atoms. The van der Waals surface area contributed by atoms with E-state index in [1.54, 1.807) is 16.9 Å². The van der Waals surface area contributed by atoms with Crippen LogP contribution in [0.1, 0.15) is 16.7 Å². The third kappa shape index (κ3) is 1.91. The molecule has 0 atom stereocenters. The zero-order valence-corrected chi connectivity index (χ0v) is 9.37. The van der Waals surface area contributed by atoms with Crippen LogP contribution in [0, 0.1) is 19.7 Å². The van der Waals surface area contributed by atoms with Gasteiger partial charge in [-0.3, -0.25) is 0 Å². The molecule has 1 aromatic carbocycles. The number of halogens is 1. The number of anilines is 1. The third-order valence-corrected chi connectivity index (χ3v) is 2.59. The average molecular weight is 219 g/mol. The Kier molecular flexibility index (Phi) is 2.64. The Morgan fingerprint density at radius 2 is 2.12 bits per heavy atom. The molecule has 0 aliphatic heterocycles. The van der Waals surface area contributed by atoms with Crippen LogP contribution in [0.2, 0.25) is 0 Å². The first-order valence-electron chi connectivity index (χ1n) is 5.11. The Balaban J connectivity index is 2.33. The van der Waals surface area contributed by atoms with Gasteiger partial charge in [-0.1, -0.05) is 17.7 Å². The van der Waals surface area contributed by atoms with Crippen LogP contribution in [0.3, 0.4) is 0 Å². The average Bonchev–Trinajstić information content (AvgIpc) is 2.55. The Hall–Kier alpha value is -1.84. The van der Waals surface area contributed by atoms with E-state index in [-0.39, 0.29) is 5.82 Å². The summed E-state index contributed by atoms with van der Waals surface area (Å²) >= 11 is 0. The van der Waals surface area contributed by atoms with Crippen LogP contribution >= 0.6 is 0 Å². The van der Waals surface area contributed by atoms with Crippen LogP contribution in [-0.2, 0) is 6.54 Å². The quantitative estimate of drug-likeness (QED) is 0.842. The lowest BCUT2D eigenvalue weighted by Gasteiger charge is -2.07. The molecule has 2 N–H and O–H groups in total. The molecule has 0 unspecified atom stereocenters. The molecule has 3 nitrogen and oxygen atoms in total. The number of aryl methyl sites for hydroxylation is 2. The van der Waals surface area contributed by atoms with Gasteiger partial charge in [0.1, 0.15) is 11.6 Å². The third-order valence-electron chi connectivity index (χ3n) is 2.59. The molecule has 0 fully saturated rings. The maximum atomic E-state index is 13.5. The second kappa shape index (κ2) is 3.96. The van der Waals surface area contributed by atoms with E-state index < -0.39 is 0 Å². The first-order valence-corrected chi connectivity index (χ1v) is 5.11. The summed E-state index contributed by atoms with van der Waals surface area (Å²) in [6.45, 7) is 4.18. The van der Waals surface area contributed by atoms with Crippen LogP contribution < -0.4 is 5.73 Å². The molecule has 0 aliphatic rings. The SMILES string of the molecule is Cc1ccc(F)c(Cn2ncc(C)c2N)c1. The first-order chi connectivity index (χ1) is 7.58. The van der Waals surface area contributed by atoms with Crippen molar-refractivity contribution >= 4 is 5.82 Å². The van der Waals surface area contributed by atoms with Gasteiger partial charge in [0.2, 0.25) is 0 Å². The molecule has 2 rings (SSSR count). The summed E-state index contributed by atoms with van der Waals surface area (Å²) in [5.74, 6) is 0.360. The van der Waals surface area contributed by atoms with Crippen molar-refractivity contribution in [3.8, 4) is 0 Å². The predicted molar refractivity (Wildman–Crippen MR) is 61.6 cm³/mol. The number of nitrogens with zero attached hydrogens (tertiary/aromatic N) is 2. The summed E-state index contributed by atoms with van der Waals surface area (Å²) < 4.78 is 15.1. The molecular formula is C12H14FN3. The van der Waals surface area contributed by atoms with E-state index in [4.69, 9.17) is 5.73 Å². The minimum Gasteiger partial charge on any atom is -0.384 e. The molecule has 0 aliphatic carbocycles. The lowest BCUT2D eigenvalue weighted by atomic mass is 10.1. The molecule has 1 heterocycles. The minimum atomic E-state index is -0.224. The smallest absolute Gasteiger partial charge is 0.128 e. The number of nitrogen functional groups attached to an aromatic ring is 1. The van der Waals surface area contributed by atoms with Gasteiger partial charge in [0.05, 0.1) is 12.7 Å². The van der Waals surface area contributed by atoms with Gasteiger partial charge >= 0.3 is 0 Å². The molecular weight excluding hydrogens is 205 g/mol. The second-order valence-corrected chi connectivity index (χ2v) is 3.97. The van der Waals surface area contributed by atoms with Crippen LogP contribution in [-0.4, -0.2) is 9.78 Å². The molecule has 0 saturated heterocycles. The van der Waals surface area contributed by atoms with Crippen molar-refractivity contribution in [3.63, 3.8) is 0 Å². The van der Waals surface area contributed by atoms with Crippen molar-refractivity contribution in [2.75, 3.05) is 5.73 Å². The Labute approximate surface area is 93.7 Å². The Morgan fingerprint density at radius 1 is 1.38 bits per heavy atom. The fourth-order valence-corrected chi connectivity index (χ4v) is 1.60. The van der Waals surface area contributed by atoms with Crippen molar-refractivity contribution in [1.82, 2.24) is 9.78 Å². The monoisotopic (exact) mass is 219 g/mol. The minimum absolute atomic E-state index is 0.224. The van der Waals surface area contributed by atoms with Gasteiger partial charge in [-0.2, -0.15) is 5.10 Å². The van der Waals surface area contributed by atoms with Gasteiger partial charge in [-0.05, 0) is 19.9 Å². The van der Waals surface area contributed by atoms with Crippen LogP contribution in [0.4, 0.5) is 10.2 Å². The lowest BCUT2D eigenvalue weighted by molar-refractivity contribution is 0.587. The highest BCUT2D eigenvalue weighted by molar-refractivity contribution is 5.38. The number of nitrogens with two attached hydrogens (primary N) is 1. The van der Waals surface area contributed by atoms with Gasteiger partial charge in [0.15, 0.2) is 0 Å². The van der Waals surface area contributed by atoms with Crippen molar-refractivity contribution in [1.29, 1.82) is 0 Å². The summed E-state index contributed by atoms with van der Waals surface area (Å²) in [5, 5.41) is 4.11. The zero-order chi connectivity index (χ0) is 11.7. The maximum Gasteiger partial charge on any atom is 0.128 e. The molecule has 1 aromatic heterocycles. The van der Waals surface area contributed by atoms with E-state index in [0.29, 0.717) is 17.9 Å². The normalized spacial score (nSPS) is 10.7. The molecule has 4 heteroatoms. The predicted octanol–water partition coefficient (Wildman–Crippen LogP) is 2.27. The number of rotatable bonds is 2. The first kappa shape index (κ1) is 10.7. The van der Waals surface area contributed by atoms with E-state index in [2.05, 4.69) is 5.10 Å². The largest absolute Gasteiger partial charge is 0.384 e. The number of benzene rings is 1. The summed E-state index contributed by atoms with van der Waals surface area (Å²) in [7, 11) is 0. The lowest BCUT2D eigenvalue weighted by Crippen LogP contribution is -2.07. The molecule has 0 radical (unpaired) electrons. The Morgan fingerprint density at radius 3 is 2.75 bits per heavy atom. The van der Waals surface area contributed by atoms with Crippen LogP contribution in [0.25, 0.3) is 0 Å². The molecule has 0 saturated carbocycles. The van der Waals surface area contributed by atoms with E-state index in [1.807, 2.05) is 19.9 Å². The second-order valence-electron chi connectivity index (χ2n) is 3.97. The van der Waals surface area contributed by atoms with Gasteiger partial charge in [0, 0.05) is 11.1 Å². The summed E-state index contributed by atoms with van der Waals surface area (Å²) in [6.07, 6.45) is 1.68. The number of aromatic nitrogens is 2. The summed E-state index contributed by atoms with van der Waals surface area (Å²) in [6, 6.07) is 5.03. The van der Waals surface area contributed by atoms with Gasteiger partial charge in [0.25, 0.3) is 0 Å². The van der Waals surface area contributed by atoms with E-state index in [9.17, 15) is 4.39 Å². The van der Waals surface area contributed by atoms with Crippen molar-refractivity contribution < 1.29 is 4.39 Å². The highest BCUT2D eigenvalue weighted by atomic mass is 19.1. The summed E-state index contributed by atoms with van der Waals surface area (Å²) in [4.78, 5) is 0. The fourth-order valence-electron chi connectivity index (χ4n) is 1.60. The van der Waals surface area contributed by atoms with E-state index >= 15 is 0 Å². The number of hydrogen-bond donors (Lipinski definition) is 1. The molecule has 84 valence electrons. The fraction of sp³-hybridized carbons (Fsp3) is 0.250. The van der Waals surface area contributed by atoms with Crippen molar-refractivity contribution in [2.45, 2.75) is 20.4 Å². The van der Waals surface area contributed by atoms with Crippen LogP contribution in [0.15, 0.2) is 24.4 Å². The highest BCUT2D eigenvalue weighted by Crippen LogP contribution is 2.15. The molecule has 0 amide bonds. The standard InChI is InChI=1S/C12H14FN3/c1-8-3-4-11(13)10(5-8)7-16-12(14)9(2)6-15-16/h3-6H,7,14H2,1-2H3. The van der Waals surface area contributed by atoms with Gasteiger partial charge in [-0.15, -0.1) is 0 Å². The van der Waals surface area contributed by atoms with Gasteiger partial charge < -0.3 is 5.73 Å². The molecule has 16 heavy (non-hydrogen) atoms. The molecule has 0 bridgehead atoms. The Bertz CT molecular complexity index is 517. The summed E-state index contributed by atoms with van der Waals surface area (Å²) in [5.41, 5.74) is 8.36. The highest BCUT2D eigenvalue weighted by Gasteiger charge is 2.07.